The van der Waals surface area contributed by atoms with Crippen molar-refractivity contribution in [3.63, 3.8) is 0 Å². The Morgan fingerprint density at radius 3 is 2.00 bits per heavy atom. The summed E-state index contributed by atoms with van der Waals surface area (Å²) >= 11 is 5.14. The van der Waals surface area contributed by atoms with E-state index < -0.39 is 5.43 Å². The molecule has 2 aromatic carbocycles. The molecule has 3 nitrogen and oxygen atoms in total. The van der Waals surface area contributed by atoms with Gasteiger partial charge in [-0.1, -0.05) is 31.2 Å². The number of carbonyl (C=O) groups excluding carboxylic acids is 1. The van der Waals surface area contributed by atoms with E-state index in [1.54, 1.807) is 24.3 Å². The van der Waals surface area contributed by atoms with Crippen molar-refractivity contribution in [2.45, 2.75) is 12.8 Å². The van der Waals surface area contributed by atoms with Gasteiger partial charge in [0.25, 0.3) is 0 Å². The minimum atomic E-state index is -0.848. The molecule has 1 unspecified atom stereocenters. The largest absolute Gasteiger partial charge is 0.508 e. The first-order chi connectivity index (χ1) is 9.06. The lowest BCUT2D eigenvalue weighted by molar-refractivity contribution is 0.225. The molecule has 0 bridgehead atoms. The van der Waals surface area contributed by atoms with Gasteiger partial charge in [0, 0.05) is 17.5 Å². The summed E-state index contributed by atoms with van der Waals surface area (Å²) in [5.41, 5.74) is 1.33. The highest BCUT2D eigenvalue weighted by atomic mass is 35.5. The Kier molecular flexibility index (Phi) is 4.07. The van der Waals surface area contributed by atoms with Crippen molar-refractivity contribution in [1.82, 2.24) is 0 Å². The highest BCUT2D eigenvalue weighted by Gasteiger charge is 2.09. The van der Waals surface area contributed by atoms with Crippen LogP contribution in [0.1, 0.15) is 24.0 Å². The zero-order chi connectivity index (χ0) is 13.8. The Labute approximate surface area is 116 Å². The summed E-state index contributed by atoms with van der Waals surface area (Å²) in [4.78, 5) is 10.6. The third-order valence-corrected chi connectivity index (χ3v) is 3.05. The van der Waals surface area contributed by atoms with Gasteiger partial charge >= 0.3 is 5.43 Å². The number of phenols is 1. The Hall–Kier alpha value is -2.00. The molecular formula is C15H13ClO3. The summed E-state index contributed by atoms with van der Waals surface area (Å²) in [6.07, 6.45) is 0. The predicted molar refractivity (Wildman–Crippen MR) is 73.9 cm³/mol. The molecule has 0 saturated heterocycles. The summed E-state index contributed by atoms with van der Waals surface area (Å²) in [5, 5.41) is 9.27. The summed E-state index contributed by atoms with van der Waals surface area (Å²) < 4.78 is 4.76. The molecule has 2 aromatic rings. The second-order valence-corrected chi connectivity index (χ2v) is 4.53. The lowest BCUT2D eigenvalue weighted by atomic mass is 9.93. The van der Waals surface area contributed by atoms with Crippen LogP contribution in [0, 0.1) is 0 Å². The maximum atomic E-state index is 10.6. The average molecular weight is 277 g/mol. The molecule has 4 heteroatoms. The second-order valence-electron chi connectivity index (χ2n) is 4.22. The van der Waals surface area contributed by atoms with Gasteiger partial charge in [0.15, 0.2) is 0 Å². The SMILES string of the molecule is CC(c1ccc(O)cc1)c1ccc(OC(=O)Cl)cc1. The normalized spacial score (nSPS) is 11.9. The molecule has 98 valence electrons. The van der Waals surface area contributed by atoms with Crippen LogP contribution in [0.15, 0.2) is 48.5 Å². The topological polar surface area (TPSA) is 46.5 Å². The van der Waals surface area contributed by atoms with Gasteiger partial charge in [-0.05, 0) is 35.4 Å². The van der Waals surface area contributed by atoms with Crippen molar-refractivity contribution in [3.05, 3.63) is 59.7 Å². The monoisotopic (exact) mass is 276 g/mol. The van der Waals surface area contributed by atoms with Crippen LogP contribution >= 0.6 is 11.6 Å². The molecule has 0 spiro atoms. The van der Waals surface area contributed by atoms with Crippen molar-refractivity contribution in [2.24, 2.45) is 0 Å². The highest BCUT2D eigenvalue weighted by Crippen LogP contribution is 2.27. The smallest absolute Gasteiger partial charge is 0.409 e. The molecule has 19 heavy (non-hydrogen) atoms. The van der Waals surface area contributed by atoms with Crippen molar-refractivity contribution in [2.75, 3.05) is 0 Å². The fourth-order valence-electron chi connectivity index (χ4n) is 1.87. The molecule has 2 rings (SSSR count). The first-order valence-corrected chi connectivity index (χ1v) is 6.20. The molecule has 1 atom stereocenters. The number of hydrogen-bond donors (Lipinski definition) is 1. The standard InChI is InChI=1S/C15H13ClO3/c1-10(11-2-6-13(17)7-3-11)12-4-8-14(9-5-12)19-15(16)18/h2-10,17H,1H3. The molecule has 0 radical (unpaired) electrons. The van der Waals surface area contributed by atoms with E-state index in [9.17, 15) is 9.90 Å². The molecule has 0 heterocycles. The van der Waals surface area contributed by atoms with Gasteiger partial charge in [-0.25, -0.2) is 4.79 Å². The fraction of sp³-hybridized carbons (Fsp3) is 0.133. The molecule has 0 aliphatic rings. The van der Waals surface area contributed by atoms with Crippen molar-refractivity contribution < 1.29 is 14.6 Å². The number of ether oxygens (including phenoxy) is 1. The number of benzene rings is 2. The molecule has 0 amide bonds. The lowest BCUT2D eigenvalue weighted by Crippen LogP contribution is -1.98. The van der Waals surface area contributed by atoms with Gasteiger partial charge in [-0.15, -0.1) is 0 Å². The quantitative estimate of drug-likeness (QED) is 0.851. The van der Waals surface area contributed by atoms with Crippen LogP contribution in [0.2, 0.25) is 0 Å². The van der Waals surface area contributed by atoms with Crippen LogP contribution < -0.4 is 4.74 Å². The van der Waals surface area contributed by atoms with Crippen LogP contribution in [0.25, 0.3) is 0 Å². The van der Waals surface area contributed by atoms with Crippen molar-refractivity contribution in [3.8, 4) is 11.5 Å². The Balaban J connectivity index is 2.17. The summed E-state index contributed by atoms with van der Waals surface area (Å²) in [7, 11) is 0. The Morgan fingerprint density at radius 2 is 1.53 bits per heavy atom. The summed E-state index contributed by atoms with van der Waals surface area (Å²) in [6.45, 7) is 2.06. The first-order valence-electron chi connectivity index (χ1n) is 5.82. The molecule has 0 aliphatic heterocycles. The summed E-state index contributed by atoms with van der Waals surface area (Å²) in [6, 6.07) is 14.3. The van der Waals surface area contributed by atoms with Crippen LogP contribution in [-0.2, 0) is 0 Å². The van der Waals surface area contributed by atoms with E-state index >= 15 is 0 Å². The molecule has 0 saturated carbocycles. The van der Waals surface area contributed by atoms with Crippen LogP contribution in [-0.4, -0.2) is 10.5 Å². The van der Waals surface area contributed by atoms with Gasteiger partial charge in [0.05, 0.1) is 0 Å². The van der Waals surface area contributed by atoms with E-state index in [2.05, 4.69) is 6.92 Å². The third kappa shape index (κ3) is 3.48. The van der Waals surface area contributed by atoms with Gasteiger partial charge in [0.1, 0.15) is 11.5 Å². The number of hydrogen-bond acceptors (Lipinski definition) is 3. The van der Waals surface area contributed by atoms with E-state index in [4.69, 9.17) is 16.3 Å². The van der Waals surface area contributed by atoms with Crippen molar-refractivity contribution >= 4 is 17.0 Å². The van der Waals surface area contributed by atoms with E-state index in [0.29, 0.717) is 5.75 Å². The van der Waals surface area contributed by atoms with E-state index in [-0.39, 0.29) is 11.7 Å². The molecule has 0 aromatic heterocycles. The average Bonchev–Trinajstić information content (AvgIpc) is 2.39. The Bertz CT molecular complexity index is 561. The van der Waals surface area contributed by atoms with Crippen LogP contribution in [0.5, 0.6) is 11.5 Å². The van der Waals surface area contributed by atoms with Crippen molar-refractivity contribution in [1.29, 1.82) is 0 Å². The maximum absolute atomic E-state index is 10.6. The number of aromatic hydroxyl groups is 1. The summed E-state index contributed by atoms with van der Waals surface area (Å²) in [5.74, 6) is 0.850. The lowest BCUT2D eigenvalue weighted by Gasteiger charge is -2.13. The third-order valence-electron chi connectivity index (χ3n) is 2.97. The highest BCUT2D eigenvalue weighted by molar-refractivity contribution is 6.61. The minimum Gasteiger partial charge on any atom is -0.508 e. The fourth-order valence-corrected chi connectivity index (χ4v) is 1.96. The van der Waals surface area contributed by atoms with Gasteiger partial charge in [-0.3, -0.25) is 0 Å². The number of phenolic OH excluding ortho intramolecular Hbond substituents is 1. The molecule has 1 N–H and O–H groups in total. The predicted octanol–water partition coefficient (Wildman–Crippen LogP) is 4.28. The maximum Gasteiger partial charge on any atom is 0.409 e. The number of rotatable bonds is 3. The molecule has 0 aliphatic carbocycles. The van der Waals surface area contributed by atoms with E-state index in [1.807, 2.05) is 24.3 Å². The molecular weight excluding hydrogens is 264 g/mol. The van der Waals surface area contributed by atoms with E-state index in [0.717, 1.165) is 11.1 Å². The zero-order valence-electron chi connectivity index (χ0n) is 10.3. The van der Waals surface area contributed by atoms with Gasteiger partial charge < -0.3 is 9.84 Å². The number of halogens is 1. The number of carbonyl (C=O) groups is 1. The molecule has 0 fully saturated rings. The van der Waals surface area contributed by atoms with Crippen LogP contribution in [0.3, 0.4) is 0 Å². The van der Waals surface area contributed by atoms with E-state index in [1.165, 1.54) is 0 Å². The van der Waals surface area contributed by atoms with Gasteiger partial charge in [-0.2, -0.15) is 0 Å². The Morgan fingerprint density at radius 1 is 1.05 bits per heavy atom. The van der Waals surface area contributed by atoms with Gasteiger partial charge in [0.2, 0.25) is 0 Å². The first kappa shape index (κ1) is 13.4. The van der Waals surface area contributed by atoms with Crippen LogP contribution in [0.4, 0.5) is 4.79 Å². The zero-order valence-corrected chi connectivity index (χ0v) is 11.1. The minimum absolute atomic E-state index is 0.182. The second kappa shape index (κ2) is 5.76.